The van der Waals surface area contributed by atoms with E-state index in [2.05, 4.69) is 0 Å². The number of hydrogen-bond acceptors (Lipinski definition) is 7. The van der Waals surface area contributed by atoms with E-state index in [1.54, 1.807) is 52.0 Å². The summed E-state index contributed by atoms with van der Waals surface area (Å²) >= 11 is 0. The minimum atomic E-state index is -3.83. The van der Waals surface area contributed by atoms with Crippen molar-refractivity contribution < 1.29 is 32.2 Å². The molecule has 0 bridgehead atoms. The summed E-state index contributed by atoms with van der Waals surface area (Å²) in [5.41, 5.74) is -1.89. The monoisotopic (exact) mass is 503 g/mol. The molecule has 3 rings (SSSR count). The number of sulfone groups is 1. The molecule has 2 aromatic carbocycles. The molecule has 1 amide bonds. The molecule has 190 valence electrons. The molecule has 0 unspecified atom stereocenters. The maximum Gasteiger partial charge on any atom is 0.410 e. The molecule has 0 saturated carbocycles. The van der Waals surface area contributed by atoms with Gasteiger partial charge in [0.2, 0.25) is 0 Å². The van der Waals surface area contributed by atoms with Gasteiger partial charge in [-0.3, -0.25) is 4.79 Å². The van der Waals surface area contributed by atoms with Crippen LogP contribution < -0.4 is 4.74 Å². The van der Waals surface area contributed by atoms with Gasteiger partial charge in [-0.2, -0.15) is 0 Å². The number of piperidine rings is 1. The summed E-state index contributed by atoms with van der Waals surface area (Å²) < 4.78 is 43.1. The van der Waals surface area contributed by atoms with E-state index in [4.69, 9.17) is 14.2 Å². The fourth-order valence-electron chi connectivity index (χ4n) is 3.92. The third-order valence-corrected chi connectivity index (χ3v) is 7.63. The number of benzene rings is 2. The van der Waals surface area contributed by atoms with Crippen LogP contribution in [0.2, 0.25) is 0 Å². The number of carbonyl (C=O) groups is 2. The lowest BCUT2D eigenvalue weighted by Crippen LogP contribution is -2.51. The normalized spacial score (nSPS) is 15.8. The van der Waals surface area contributed by atoms with Crippen LogP contribution in [0, 0.1) is 5.41 Å². The zero-order valence-corrected chi connectivity index (χ0v) is 21.5. The van der Waals surface area contributed by atoms with Crippen LogP contribution in [-0.4, -0.2) is 56.4 Å². The topological polar surface area (TPSA) is 99.2 Å². The van der Waals surface area contributed by atoms with Crippen molar-refractivity contribution in [1.82, 2.24) is 4.90 Å². The van der Waals surface area contributed by atoms with E-state index >= 15 is 0 Å². The summed E-state index contributed by atoms with van der Waals surface area (Å²) in [6, 6.07) is 15.3. The lowest BCUT2D eigenvalue weighted by molar-refractivity contribution is -0.156. The van der Waals surface area contributed by atoms with Gasteiger partial charge >= 0.3 is 12.1 Å². The van der Waals surface area contributed by atoms with Crippen molar-refractivity contribution >= 4 is 21.9 Å². The van der Waals surface area contributed by atoms with Gasteiger partial charge in [0.15, 0.2) is 9.84 Å². The molecule has 2 aromatic rings. The van der Waals surface area contributed by atoms with Gasteiger partial charge in [-0.15, -0.1) is 0 Å². The zero-order valence-electron chi connectivity index (χ0n) is 20.7. The van der Waals surface area contributed by atoms with Crippen molar-refractivity contribution in [2.75, 3.05) is 25.4 Å². The van der Waals surface area contributed by atoms with Gasteiger partial charge in [0.25, 0.3) is 0 Å². The van der Waals surface area contributed by atoms with Gasteiger partial charge in [0.1, 0.15) is 17.1 Å². The molecule has 1 aliphatic rings. The van der Waals surface area contributed by atoms with Crippen molar-refractivity contribution in [2.24, 2.45) is 5.41 Å². The Labute approximate surface area is 207 Å². The Balaban J connectivity index is 1.75. The summed E-state index contributed by atoms with van der Waals surface area (Å²) in [4.78, 5) is 27.0. The zero-order chi connectivity index (χ0) is 25.7. The van der Waals surface area contributed by atoms with Gasteiger partial charge < -0.3 is 19.1 Å². The Bertz CT molecular complexity index is 1110. The number of para-hydroxylation sites is 1. The van der Waals surface area contributed by atoms with Gasteiger partial charge in [0, 0.05) is 13.1 Å². The van der Waals surface area contributed by atoms with Crippen LogP contribution >= 0.6 is 0 Å². The van der Waals surface area contributed by atoms with Crippen LogP contribution in [0.15, 0.2) is 59.5 Å². The Morgan fingerprint density at radius 3 is 2.06 bits per heavy atom. The van der Waals surface area contributed by atoms with Crippen LogP contribution in [0.3, 0.4) is 0 Å². The van der Waals surface area contributed by atoms with Crippen molar-refractivity contribution in [3.05, 3.63) is 54.6 Å². The highest BCUT2D eigenvalue weighted by Gasteiger charge is 2.47. The third kappa shape index (κ3) is 6.97. The third-order valence-electron chi connectivity index (χ3n) is 5.71. The number of rotatable bonds is 7. The van der Waals surface area contributed by atoms with E-state index in [-0.39, 0.29) is 37.4 Å². The molecule has 8 nitrogen and oxygen atoms in total. The fraction of sp³-hybridized carbons (Fsp3) is 0.462. The molecule has 35 heavy (non-hydrogen) atoms. The number of amides is 1. The first-order valence-electron chi connectivity index (χ1n) is 11.6. The summed E-state index contributed by atoms with van der Waals surface area (Å²) in [6.45, 7) is 7.56. The first kappa shape index (κ1) is 26.5. The molecule has 1 heterocycles. The van der Waals surface area contributed by atoms with Crippen molar-refractivity contribution in [3.63, 3.8) is 0 Å². The highest BCUT2D eigenvalue weighted by atomic mass is 32.2. The Hall–Kier alpha value is -3.07. The second-order valence-corrected chi connectivity index (χ2v) is 11.6. The highest BCUT2D eigenvalue weighted by Crippen LogP contribution is 2.37. The molecule has 0 N–H and O–H groups in total. The second kappa shape index (κ2) is 10.7. The van der Waals surface area contributed by atoms with E-state index in [1.807, 2.05) is 18.2 Å². The van der Waals surface area contributed by atoms with Crippen molar-refractivity contribution in [2.45, 2.75) is 51.0 Å². The highest BCUT2D eigenvalue weighted by molar-refractivity contribution is 7.91. The van der Waals surface area contributed by atoms with E-state index in [0.29, 0.717) is 11.5 Å². The number of nitrogens with zero attached hydrogens (tertiary/aromatic N) is 1. The molecule has 0 atom stereocenters. The quantitative estimate of drug-likeness (QED) is 0.499. The van der Waals surface area contributed by atoms with Crippen LogP contribution in [0.25, 0.3) is 0 Å². The Morgan fingerprint density at radius 2 is 1.51 bits per heavy atom. The van der Waals surface area contributed by atoms with Crippen LogP contribution in [0.1, 0.15) is 40.5 Å². The first-order chi connectivity index (χ1) is 16.4. The molecule has 1 aliphatic heterocycles. The Morgan fingerprint density at radius 1 is 0.943 bits per heavy atom. The molecule has 9 heteroatoms. The van der Waals surface area contributed by atoms with E-state index in [1.165, 1.54) is 17.0 Å². The van der Waals surface area contributed by atoms with Crippen molar-refractivity contribution in [1.29, 1.82) is 0 Å². The van der Waals surface area contributed by atoms with Gasteiger partial charge in [-0.25, -0.2) is 13.2 Å². The standard InChI is InChI=1S/C26H33NO7S/c1-5-32-23(28)26(15-17-27(18-16-26)24(29)34-25(2,3)4)19-35(30,31)22-13-11-21(12-14-22)33-20-9-7-6-8-10-20/h6-14H,5,15-19H2,1-4H3. The summed E-state index contributed by atoms with van der Waals surface area (Å²) in [5.74, 6) is 0.179. The molecule has 0 radical (unpaired) electrons. The van der Waals surface area contributed by atoms with E-state index in [0.717, 1.165) is 0 Å². The van der Waals surface area contributed by atoms with Gasteiger partial charge in [-0.1, -0.05) is 18.2 Å². The maximum atomic E-state index is 13.3. The number of esters is 1. The molecule has 0 aromatic heterocycles. The summed E-state index contributed by atoms with van der Waals surface area (Å²) in [7, 11) is -3.83. The SMILES string of the molecule is CCOC(=O)C1(CS(=O)(=O)c2ccc(Oc3ccccc3)cc2)CCN(C(=O)OC(C)(C)C)CC1. The van der Waals surface area contributed by atoms with Crippen LogP contribution in [0.4, 0.5) is 4.79 Å². The molecule has 1 fully saturated rings. The molecule has 0 spiro atoms. The van der Waals surface area contributed by atoms with Crippen LogP contribution in [-0.2, 0) is 24.1 Å². The average molecular weight is 504 g/mol. The second-order valence-electron chi connectivity index (χ2n) is 9.61. The molecule has 0 aliphatic carbocycles. The first-order valence-corrected chi connectivity index (χ1v) is 13.3. The number of ether oxygens (including phenoxy) is 3. The van der Waals surface area contributed by atoms with E-state index < -0.39 is 38.7 Å². The smallest absolute Gasteiger partial charge is 0.410 e. The predicted octanol–water partition coefficient (Wildman–Crippen LogP) is 4.83. The lowest BCUT2D eigenvalue weighted by atomic mass is 9.80. The molecular formula is C26H33NO7S. The number of likely N-dealkylation sites (tertiary alicyclic amines) is 1. The summed E-state index contributed by atoms with van der Waals surface area (Å²) in [6.07, 6.45) is -0.147. The molecule has 1 saturated heterocycles. The van der Waals surface area contributed by atoms with Crippen molar-refractivity contribution in [3.8, 4) is 11.5 Å². The Kier molecular flexibility index (Phi) is 8.10. The predicted molar refractivity (Wildman–Crippen MR) is 131 cm³/mol. The van der Waals surface area contributed by atoms with Gasteiger partial charge in [-0.05, 0) is 76.9 Å². The minimum Gasteiger partial charge on any atom is -0.466 e. The summed E-state index contributed by atoms with van der Waals surface area (Å²) in [5, 5.41) is 0. The largest absolute Gasteiger partial charge is 0.466 e. The van der Waals surface area contributed by atoms with E-state index in [9.17, 15) is 18.0 Å². The maximum absolute atomic E-state index is 13.3. The lowest BCUT2D eigenvalue weighted by Gasteiger charge is -2.39. The fourth-order valence-corrected chi connectivity index (χ4v) is 5.77. The number of carbonyl (C=O) groups excluding carboxylic acids is 2. The van der Waals surface area contributed by atoms with Gasteiger partial charge in [0.05, 0.1) is 22.7 Å². The average Bonchev–Trinajstić information content (AvgIpc) is 2.79. The number of hydrogen-bond donors (Lipinski definition) is 0. The molecular weight excluding hydrogens is 470 g/mol. The van der Waals surface area contributed by atoms with Crippen LogP contribution in [0.5, 0.6) is 11.5 Å². The minimum absolute atomic E-state index is 0.0937.